The van der Waals surface area contributed by atoms with E-state index in [1.54, 1.807) is 11.3 Å². The molecule has 0 spiro atoms. The molecule has 0 N–H and O–H groups in total. The van der Waals surface area contributed by atoms with E-state index in [4.69, 9.17) is 4.74 Å². The number of carbonyl (C=O) groups excluding carboxylic acids is 2. The molecule has 1 saturated carbocycles. The molecule has 3 aromatic rings. The number of methoxy groups -OCH3 is 1. The number of ketones is 1. The highest BCUT2D eigenvalue weighted by Crippen LogP contribution is 2.38. The monoisotopic (exact) mass is 352 g/mol. The van der Waals surface area contributed by atoms with Crippen molar-refractivity contribution < 1.29 is 14.3 Å². The lowest BCUT2D eigenvalue weighted by Crippen LogP contribution is -2.17. The Bertz CT molecular complexity index is 956. The zero-order valence-corrected chi connectivity index (χ0v) is 15.0. The third-order valence-corrected chi connectivity index (χ3v) is 6.36. The van der Waals surface area contributed by atoms with Crippen molar-refractivity contribution in [2.75, 3.05) is 7.11 Å². The van der Waals surface area contributed by atoms with Gasteiger partial charge in [0.2, 0.25) is 0 Å². The van der Waals surface area contributed by atoms with Gasteiger partial charge in [-0.3, -0.25) is 9.59 Å². The van der Waals surface area contributed by atoms with Crippen LogP contribution >= 0.6 is 11.3 Å². The van der Waals surface area contributed by atoms with Gasteiger partial charge in [-0.05, 0) is 42.5 Å². The van der Waals surface area contributed by atoms with Crippen LogP contribution in [0, 0.1) is 5.92 Å². The number of rotatable bonds is 4. The lowest BCUT2D eigenvalue weighted by molar-refractivity contribution is -0.143. The fourth-order valence-corrected chi connectivity index (χ4v) is 4.98. The van der Waals surface area contributed by atoms with Gasteiger partial charge in [0.15, 0.2) is 0 Å². The highest BCUT2D eigenvalue weighted by Gasteiger charge is 2.30. The largest absolute Gasteiger partial charge is 0.469 e. The van der Waals surface area contributed by atoms with E-state index < -0.39 is 0 Å². The second-order valence-corrected chi connectivity index (χ2v) is 7.90. The van der Waals surface area contributed by atoms with E-state index in [-0.39, 0.29) is 17.8 Å². The second kappa shape index (κ2) is 6.60. The molecule has 2 unspecified atom stereocenters. The molecule has 2 aromatic carbocycles. The molecule has 1 heterocycles. The van der Waals surface area contributed by atoms with E-state index in [2.05, 4.69) is 24.3 Å². The van der Waals surface area contributed by atoms with Gasteiger partial charge in [-0.25, -0.2) is 0 Å². The molecule has 3 nitrogen and oxygen atoms in total. The summed E-state index contributed by atoms with van der Waals surface area (Å²) < 4.78 is 7.55. The summed E-state index contributed by atoms with van der Waals surface area (Å²) in [5.41, 5.74) is 0.988. The summed E-state index contributed by atoms with van der Waals surface area (Å²) in [6.45, 7) is 0. The number of Topliss-reactive ketones (excluding diaryl/α,β-unsaturated/α-hetero) is 1. The predicted molar refractivity (Wildman–Crippen MR) is 101 cm³/mol. The maximum Gasteiger partial charge on any atom is 0.313 e. The van der Waals surface area contributed by atoms with E-state index in [1.165, 1.54) is 27.3 Å². The predicted octanol–water partition coefficient (Wildman–Crippen LogP) is 5.07. The minimum Gasteiger partial charge on any atom is -0.469 e. The molecule has 2 atom stereocenters. The van der Waals surface area contributed by atoms with Crippen LogP contribution in [0.2, 0.25) is 0 Å². The van der Waals surface area contributed by atoms with Crippen molar-refractivity contribution >= 4 is 43.3 Å². The molecule has 1 aliphatic rings. The van der Waals surface area contributed by atoms with Crippen LogP contribution in [-0.4, -0.2) is 18.9 Å². The van der Waals surface area contributed by atoms with E-state index >= 15 is 0 Å². The van der Waals surface area contributed by atoms with Gasteiger partial charge in [0.05, 0.1) is 13.0 Å². The number of fused-ring (bicyclic) bond motifs is 3. The van der Waals surface area contributed by atoms with Crippen LogP contribution in [0.15, 0.2) is 42.5 Å². The summed E-state index contributed by atoms with van der Waals surface area (Å²) in [6.07, 6.45) is 2.81. The van der Waals surface area contributed by atoms with Crippen LogP contribution in [0.3, 0.4) is 0 Å². The van der Waals surface area contributed by atoms with Gasteiger partial charge in [0.1, 0.15) is 5.78 Å². The number of carbonyl (C=O) groups is 2. The Kier molecular flexibility index (Phi) is 4.30. The first-order chi connectivity index (χ1) is 12.2. The molecule has 0 bridgehead atoms. The van der Waals surface area contributed by atoms with Gasteiger partial charge in [-0.15, -0.1) is 11.3 Å². The third kappa shape index (κ3) is 3.07. The summed E-state index contributed by atoms with van der Waals surface area (Å²) in [5, 5.41) is 2.42. The minimum atomic E-state index is -0.302. The van der Waals surface area contributed by atoms with Crippen molar-refractivity contribution in [2.45, 2.75) is 31.6 Å². The van der Waals surface area contributed by atoms with E-state index in [1.807, 2.05) is 18.2 Å². The molecule has 4 heteroatoms. The topological polar surface area (TPSA) is 43.4 Å². The molecule has 1 aromatic heterocycles. The SMILES string of the molecule is COC(=O)C(CC1CCC(=O)C1)c1ccc2sc3ccccc3c2c1. The molecular formula is C21H20O3S. The molecule has 0 saturated heterocycles. The van der Waals surface area contributed by atoms with Crippen LogP contribution < -0.4 is 0 Å². The summed E-state index contributed by atoms with van der Waals surface area (Å²) in [6, 6.07) is 14.6. The van der Waals surface area contributed by atoms with Crippen molar-refractivity contribution in [2.24, 2.45) is 5.92 Å². The summed E-state index contributed by atoms with van der Waals surface area (Å²) in [7, 11) is 1.44. The Labute approximate surface area is 150 Å². The first kappa shape index (κ1) is 16.3. The second-order valence-electron chi connectivity index (χ2n) is 6.81. The highest BCUT2D eigenvalue weighted by atomic mass is 32.1. The fourth-order valence-electron chi connectivity index (χ4n) is 3.90. The average molecular weight is 352 g/mol. The summed E-state index contributed by atoms with van der Waals surface area (Å²) in [5.74, 6) is 0.0848. The zero-order valence-electron chi connectivity index (χ0n) is 14.2. The van der Waals surface area contributed by atoms with Crippen LogP contribution in [0.4, 0.5) is 0 Å². The van der Waals surface area contributed by atoms with Crippen molar-refractivity contribution in [3.05, 3.63) is 48.0 Å². The highest BCUT2D eigenvalue weighted by molar-refractivity contribution is 7.25. The van der Waals surface area contributed by atoms with Crippen LogP contribution in [0.25, 0.3) is 20.2 Å². The first-order valence-electron chi connectivity index (χ1n) is 8.66. The third-order valence-electron chi connectivity index (χ3n) is 5.21. The lowest BCUT2D eigenvalue weighted by atomic mass is 9.87. The van der Waals surface area contributed by atoms with E-state index in [0.717, 1.165) is 12.0 Å². The van der Waals surface area contributed by atoms with Crippen LogP contribution in [0.1, 0.15) is 37.2 Å². The number of hydrogen-bond donors (Lipinski definition) is 0. The van der Waals surface area contributed by atoms with Crippen LogP contribution in [0.5, 0.6) is 0 Å². The number of thiophene rings is 1. The van der Waals surface area contributed by atoms with E-state index in [9.17, 15) is 9.59 Å². The smallest absolute Gasteiger partial charge is 0.313 e. The molecular weight excluding hydrogens is 332 g/mol. The van der Waals surface area contributed by atoms with Crippen molar-refractivity contribution in [3.63, 3.8) is 0 Å². The summed E-state index contributed by atoms with van der Waals surface area (Å²) >= 11 is 1.77. The van der Waals surface area contributed by atoms with Gasteiger partial charge in [-0.1, -0.05) is 24.3 Å². The van der Waals surface area contributed by atoms with E-state index in [0.29, 0.717) is 25.0 Å². The molecule has 1 aliphatic carbocycles. The van der Waals surface area contributed by atoms with Gasteiger partial charge in [0, 0.05) is 33.0 Å². The van der Waals surface area contributed by atoms with Gasteiger partial charge in [-0.2, -0.15) is 0 Å². The molecule has 1 fully saturated rings. The van der Waals surface area contributed by atoms with Gasteiger partial charge in [0.25, 0.3) is 0 Å². The van der Waals surface area contributed by atoms with Crippen molar-refractivity contribution in [1.82, 2.24) is 0 Å². The first-order valence-corrected chi connectivity index (χ1v) is 9.48. The number of hydrogen-bond acceptors (Lipinski definition) is 4. The molecule has 0 amide bonds. The Hall–Kier alpha value is -2.20. The van der Waals surface area contributed by atoms with Gasteiger partial charge < -0.3 is 4.74 Å². The Morgan fingerprint density at radius 3 is 2.76 bits per heavy atom. The average Bonchev–Trinajstić information content (AvgIpc) is 3.21. The lowest BCUT2D eigenvalue weighted by Gasteiger charge is -2.18. The Morgan fingerprint density at radius 1 is 1.20 bits per heavy atom. The minimum absolute atomic E-state index is 0.210. The number of ether oxygens (including phenoxy) is 1. The molecule has 0 radical (unpaired) electrons. The summed E-state index contributed by atoms with van der Waals surface area (Å²) in [4.78, 5) is 24.0. The zero-order chi connectivity index (χ0) is 17.4. The normalized spacial score (nSPS) is 18.8. The Balaban J connectivity index is 1.74. The van der Waals surface area contributed by atoms with Crippen molar-refractivity contribution in [3.8, 4) is 0 Å². The number of benzene rings is 2. The number of esters is 1. The maximum absolute atomic E-state index is 12.4. The van der Waals surface area contributed by atoms with Crippen LogP contribution in [-0.2, 0) is 14.3 Å². The van der Waals surface area contributed by atoms with Crippen molar-refractivity contribution in [1.29, 1.82) is 0 Å². The Morgan fingerprint density at radius 2 is 2.00 bits per heavy atom. The molecule has 0 aliphatic heterocycles. The molecule has 128 valence electrons. The fraction of sp³-hybridized carbons (Fsp3) is 0.333. The molecule has 4 rings (SSSR count). The quantitative estimate of drug-likeness (QED) is 0.616. The standard InChI is InChI=1S/C21H20O3S/c1-24-21(23)17(11-13-6-8-15(22)10-13)14-7-9-20-18(12-14)16-4-2-3-5-19(16)25-20/h2-5,7,9,12-13,17H,6,8,10-11H2,1H3. The molecule has 25 heavy (non-hydrogen) atoms. The van der Waals surface area contributed by atoms with Gasteiger partial charge >= 0.3 is 5.97 Å². The maximum atomic E-state index is 12.4.